The minimum absolute atomic E-state index is 0.149. The summed E-state index contributed by atoms with van der Waals surface area (Å²) in [4.78, 5) is 31.5. The Morgan fingerprint density at radius 1 is 1.15 bits per heavy atom. The van der Waals surface area contributed by atoms with Crippen LogP contribution in [-0.2, 0) is 9.59 Å². The maximum Gasteiger partial charge on any atom is 0.228 e. The molecule has 0 aliphatic carbocycles. The van der Waals surface area contributed by atoms with Gasteiger partial charge in [0.15, 0.2) is 0 Å². The minimum Gasteiger partial charge on any atom is -0.368 e. The van der Waals surface area contributed by atoms with Crippen molar-refractivity contribution in [1.29, 1.82) is 0 Å². The molecule has 26 heavy (non-hydrogen) atoms. The predicted octanol–water partition coefficient (Wildman–Crippen LogP) is 2.68. The first-order chi connectivity index (χ1) is 12.5. The lowest BCUT2D eigenvalue weighted by Gasteiger charge is -2.37. The molecule has 3 rings (SSSR count). The number of rotatable bonds is 5. The van der Waals surface area contributed by atoms with Crippen LogP contribution in [0.3, 0.4) is 0 Å². The number of piperazine rings is 1. The zero-order chi connectivity index (χ0) is 18.7. The number of likely N-dealkylation sites (tertiary alicyclic amines) is 1. The Kier molecular flexibility index (Phi) is 5.84. The van der Waals surface area contributed by atoms with Crippen molar-refractivity contribution in [2.24, 2.45) is 5.92 Å². The molecule has 142 valence electrons. The molecule has 2 heterocycles. The van der Waals surface area contributed by atoms with Gasteiger partial charge >= 0.3 is 0 Å². The van der Waals surface area contributed by atoms with Crippen molar-refractivity contribution < 1.29 is 9.59 Å². The van der Waals surface area contributed by atoms with E-state index in [0.717, 1.165) is 39.0 Å². The number of benzene rings is 1. The molecule has 1 atom stereocenters. The molecule has 0 bridgehead atoms. The lowest BCUT2D eigenvalue weighted by Crippen LogP contribution is -2.50. The van der Waals surface area contributed by atoms with Gasteiger partial charge < -0.3 is 14.7 Å². The number of hydrogen-bond acceptors (Lipinski definition) is 3. The first kappa shape index (κ1) is 18.7. The Labute approximate surface area is 156 Å². The Bertz CT molecular complexity index is 648. The van der Waals surface area contributed by atoms with Gasteiger partial charge in [0.1, 0.15) is 0 Å². The molecule has 0 spiro atoms. The van der Waals surface area contributed by atoms with E-state index < -0.39 is 0 Å². The number of aryl methyl sites for hydroxylation is 1. The van der Waals surface area contributed by atoms with Crippen LogP contribution in [-0.4, -0.2) is 60.4 Å². The van der Waals surface area contributed by atoms with Gasteiger partial charge in [-0.05, 0) is 37.5 Å². The number of anilines is 1. The highest BCUT2D eigenvalue weighted by Gasteiger charge is 2.39. The monoisotopic (exact) mass is 357 g/mol. The maximum atomic E-state index is 12.9. The van der Waals surface area contributed by atoms with Crippen molar-refractivity contribution in [2.45, 2.75) is 46.1 Å². The molecule has 2 aliphatic heterocycles. The van der Waals surface area contributed by atoms with Crippen LogP contribution in [0.5, 0.6) is 0 Å². The van der Waals surface area contributed by atoms with Crippen molar-refractivity contribution in [3.63, 3.8) is 0 Å². The summed E-state index contributed by atoms with van der Waals surface area (Å²) >= 11 is 0. The average molecular weight is 357 g/mol. The highest BCUT2D eigenvalue weighted by molar-refractivity contribution is 5.89. The van der Waals surface area contributed by atoms with Gasteiger partial charge in [-0.15, -0.1) is 0 Å². The van der Waals surface area contributed by atoms with E-state index >= 15 is 0 Å². The maximum absolute atomic E-state index is 12.9. The van der Waals surface area contributed by atoms with E-state index in [1.54, 1.807) is 0 Å². The third-order valence-corrected chi connectivity index (χ3v) is 5.85. The molecule has 1 aromatic carbocycles. The van der Waals surface area contributed by atoms with Crippen molar-refractivity contribution in [2.75, 3.05) is 37.6 Å². The van der Waals surface area contributed by atoms with Gasteiger partial charge in [-0.1, -0.05) is 26.0 Å². The van der Waals surface area contributed by atoms with E-state index in [2.05, 4.69) is 49.9 Å². The molecule has 0 saturated carbocycles. The SMILES string of the molecule is CCC(CC)N1CC(C(=O)N2CCN(c3cccc(C)c3)CC2)CC1=O. The second kappa shape index (κ2) is 8.11. The number of nitrogens with zero attached hydrogens (tertiary/aromatic N) is 3. The largest absolute Gasteiger partial charge is 0.368 e. The molecular formula is C21H31N3O2. The molecule has 0 aromatic heterocycles. The van der Waals surface area contributed by atoms with E-state index in [9.17, 15) is 9.59 Å². The van der Waals surface area contributed by atoms with Crippen LogP contribution in [0.2, 0.25) is 0 Å². The molecule has 5 heteroatoms. The minimum atomic E-state index is -0.159. The third kappa shape index (κ3) is 3.87. The number of carbonyl (C=O) groups is 2. The van der Waals surface area contributed by atoms with Gasteiger partial charge in [0, 0.05) is 50.9 Å². The van der Waals surface area contributed by atoms with Gasteiger partial charge in [-0.2, -0.15) is 0 Å². The Balaban J connectivity index is 1.56. The Morgan fingerprint density at radius 2 is 1.85 bits per heavy atom. The summed E-state index contributed by atoms with van der Waals surface area (Å²) in [6.07, 6.45) is 2.30. The molecule has 2 fully saturated rings. The van der Waals surface area contributed by atoms with Crippen LogP contribution in [0.4, 0.5) is 5.69 Å². The standard InChI is InChI=1S/C21H31N3O2/c1-4-18(5-2)24-15-17(14-20(24)25)21(26)23-11-9-22(10-12-23)19-8-6-7-16(3)13-19/h6-8,13,17-18H,4-5,9-12,14-15H2,1-3H3. The van der Waals surface area contributed by atoms with Crippen LogP contribution < -0.4 is 4.90 Å². The van der Waals surface area contributed by atoms with Gasteiger partial charge in [0.2, 0.25) is 11.8 Å². The lowest BCUT2D eigenvalue weighted by molar-refractivity contribution is -0.136. The molecule has 0 N–H and O–H groups in total. The predicted molar refractivity (Wildman–Crippen MR) is 104 cm³/mol. The van der Waals surface area contributed by atoms with Gasteiger partial charge in [0.05, 0.1) is 5.92 Å². The summed E-state index contributed by atoms with van der Waals surface area (Å²) in [5.41, 5.74) is 2.49. The molecule has 5 nitrogen and oxygen atoms in total. The van der Waals surface area contributed by atoms with Crippen molar-refractivity contribution in [3.8, 4) is 0 Å². The Morgan fingerprint density at radius 3 is 2.46 bits per heavy atom. The summed E-state index contributed by atoms with van der Waals surface area (Å²) in [6.45, 7) is 10.1. The summed E-state index contributed by atoms with van der Waals surface area (Å²) in [5, 5.41) is 0. The topological polar surface area (TPSA) is 43.9 Å². The van der Waals surface area contributed by atoms with Crippen molar-refractivity contribution in [1.82, 2.24) is 9.80 Å². The zero-order valence-electron chi connectivity index (χ0n) is 16.3. The second-order valence-corrected chi connectivity index (χ2v) is 7.57. The summed E-state index contributed by atoms with van der Waals surface area (Å²) < 4.78 is 0. The van der Waals surface area contributed by atoms with Crippen LogP contribution in [0.15, 0.2) is 24.3 Å². The molecule has 0 radical (unpaired) electrons. The van der Waals surface area contributed by atoms with Crippen LogP contribution in [0, 0.1) is 12.8 Å². The van der Waals surface area contributed by atoms with E-state index in [4.69, 9.17) is 0 Å². The molecule has 2 saturated heterocycles. The summed E-state index contributed by atoms with van der Waals surface area (Å²) in [7, 11) is 0. The summed E-state index contributed by atoms with van der Waals surface area (Å²) in [5.74, 6) is 0.153. The van der Waals surface area contributed by atoms with Gasteiger partial charge in [-0.3, -0.25) is 9.59 Å². The van der Waals surface area contributed by atoms with Crippen LogP contribution >= 0.6 is 0 Å². The third-order valence-electron chi connectivity index (χ3n) is 5.85. The molecule has 2 amide bonds. The molecular weight excluding hydrogens is 326 g/mol. The van der Waals surface area contributed by atoms with Crippen LogP contribution in [0.1, 0.15) is 38.7 Å². The van der Waals surface area contributed by atoms with E-state index in [-0.39, 0.29) is 23.8 Å². The molecule has 1 aromatic rings. The van der Waals surface area contributed by atoms with Crippen molar-refractivity contribution in [3.05, 3.63) is 29.8 Å². The number of carbonyl (C=O) groups excluding carboxylic acids is 2. The molecule has 1 unspecified atom stereocenters. The Hall–Kier alpha value is -2.04. The van der Waals surface area contributed by atoms with Crippen LogP contribution in [0.25, 0.3) is 0 Å². The zero-order valence-corrected chi connectivity index (χ0v) is 16.3. The smallest absolute Gasteiger partial charge is 0.228 e. The highest BCUT2D eigenvalue weighted by Crippen LogP contribution is 2.26. The van der Waals surface area contributed by atoms with E-state index in [1.807, 2.05) is 9.80 Å². The van der Waals surface area contributed by atoms with Gasteiger partial charge in [-0.25, -0.2) is 0 Å². The fourth-order valence-corrected chi connectivity index (χ4v) is 4.25. The number of hydrogen-bond donors (Lipinski definition) is 0. The first-order valence-corrected chi connectivity index (χ1v) is 9.93. The van der Waals surface area contributed by atoms with E-state index in [1.165, 1.54) is 11.3 Å². The van der Waals surface area contributed by atoms with E-state index in [0.29, 0.717) is 13.0 Å². The fourth-order valence-electron chi connectivity index (χ4n) is 4.25. The first-order valence-electron chi connectivity index (χ1n) is 9.93. The number of amides is 2. The van der Waals surface area contributed by atoms with Gasteiger partial charge in [0.25, 0.3) is 0 Å². The second-order valence-electron chi connectivity index (χ2n) is 7.57. The highest BCUT2D eigenvalue weighted by atomic mass is 16.2. The normalized spacial score (nSPS) is 21.0. The lowest BCUT2D eigenvalue weighted by atomic mass is 10.1. The molecule has 2 aliphatic rings. The quantitative estimate of drug-likeness (QED) is 0.814. The van der Waals surface area contributed by atoms with Crippen molar-refractivity contribution >= 4 is 17.5 Å². The average Bonchev–Trinajstić information content (AvgIpc) is 3.04. The summed E-state index contributed by atoms with van der Waals surface area (Å²) in [6, 6.07) is 8.79. The fraction of sp³-hybridized carbons (Fsp3) is 0.619.